The maximum absolute atomic E-state index is 12.7. The fraction of sp³-hybridized carbons (Fsp3) is 0.294. The van der Waals surface area contributed by atoms with E-state index in [0.717, 1.165) is 23.5 Å². The second-order valence-electron chi connectivity index (χ2n) is 5.70. The predicted molar refractivity (Wildman–Crippen MR) is 79.8 cm³/mol. The highest BCUT2D eigenvalue weighted by Gasteiger charge is 2.29. The summed E-state index contributed by atoms with van der Waals surface area (Å²) in [5.74, 6) is 1.59. The summed E-state index contributed by atoms with van der Waals surface area (Å²) in [7, 11) is 0. The molecule has 2 aliphatic rings. The fourth-order valence-electron chi connectivity index (χ4n) is 3.06. The number of carbonyl (C=O) groups excluding carboxylic acids is 1. The number of hydrogen-bond donors (Lipinski definition) is 0. The lowest BCUT2D eigenvalue weighted by atomic mass is 9.93. The first-order chi connectivity index (χ1) is 10.7. The molecule has 2 aliphatic heterocycles. The van der Waals surface area contributed by atoms with E-state index in [2.05, 4.69) is 11.9 Å². The molecule has 112 valence electrons. The maximum atomic E-state index is 12.7. The molecule has 1 aromatic carbocycles. The third kappa shape index (κ3) is 2.09. The molecule has 5 nitrogen and oxygen atoms in total. The van der Waals surface area contributed by atoms with Crippen LogP contribution in [0.3, 0.4) is 0 Å². The van der Waals surface area contributed by atoms with Gasteiger partial charge in [-0.1, -0.05) is 0 Å². The Hall–Kier alpha value is -2.56. The second kappa shape index (κ2) is 5.02. The first kappa shape index (κ1) is 13.1. The largest absolute Gasteiger partial charge is 0.454 e. The third-order valence-corrected chi connectivity index (χ3v) is 4.25. The quantitative estimate of drug-likeness (QED) is 0.811. The van der Waals surface area contributed by atoms with E-state index in [1.54, 1.807) is 24.5 Å². The lowest BCUT2D eigenvalue weighted by Crippen LogP contribution is -2.42. The summed E-state index contributed by atoms with van der Waals surface area (Å²) in [6.45, 7) is 2.93. The molecule has 1 unspecified atom stereocenters. The first-order valence-electron chi connectivity index (χ1n) is 7.35. The van der Waals surface area contributed by atoms with Crippen molar-refractivity contribution in [3.8, 4) is 11.5 Å². The lowest BCUT2D eigenvalue weighted by Gasteiger charge is -2.35. The standard InChI is InChI=1S/C17H16N2O3/c1-11-5-13-6-15-16(22-10-21-15)7-14(13)9-19(11)17(20)12-3-2-4-18-8-12/h2-4,6-8,11H,5,9-10H2,1H3. The summed E-state index contributed by atoms with van der Waals surface area (Å²) in [6.07, 6.45) is 4.11. The number of pyridine rings is 1. The topological polar surface area (TPSA) is 51.7 Å². The fourth-order valence-corrected chi connectivity index (χ4v) is 3.06. The van der Waals surface area contributed by atoms with Gasteiger partial charge in [0.15, 0.2) is 11.5 Å². The molecule has 0 saturated heterocycles. The number of carbonyl (C=O) groups is 1. The van der Waals surface area contributed by atoms with Crippen LogP contribution in [0.5, 0.6) is 11.5 Å². The second-order valence-corrected chi connectivity index (χ2v) is 5.70. The molecule has 0 bridgehead atoms. The van der Waals surface area contributed by atoms with Gasteiger partial charge < -0.3 is 14.4 Å². The summed E-state index contributed by atoms with van der Waals surface area (Å²) in [5.41, 5.74) is 2.98. The zero-order chi connectivity index (χ0) is 15.1. The number of benzene rings is 1. The van der Waals surface area contributed by atoms with Crippen LogP contribution in [0.2, 0.25) is 0 Å². The van der Waals surface area contributed by atoms with Gasteiger partial charge in [0.05, 0.1) is 5.56 Å². The van der Waals surface area contributed by atoms with Gasteiger partial charge in [-0.2, -0.15) is 0 Å². The zero-order valence-electron chi connectivity index (χ0n) is 12.3. The molecular weight excluding hydrogens is 280 g/mol. The van der Waals surface area contributed by atoms with Gasteiger partial charge in [-0.15, -0.1) is 0 Å². The Morgan fingerprint density at radius 2 is 2.05 bits per heavy atom. The van der Waals surface area contributed by atoms with Gasteiger partial charge in [0.25, 0.3) is 5.91 Å². The average molecular weight is 296 g/mol. The molecule has 0 spiro atoms. The molecule has 22 heavy (non-hydrogen) atoms. The van der Waals surface area contributed by atoms with Crippen molar-refractivity contribution in [2.75, 3.05) is 6.79 Å². The van der Waals surface area contributed by atoms with E-state index < -0.39 is 0 Å². The molecule has 5 heteroatoms. The molecule has 1 atom stereocenters. The van der Waals surface area contributed by atoms with E-state index in [0.29, 0.717) is 12.1 Å². The van der Waals surface area contributed by atoms with Crippen molar-refractivity contribution in [1.82, 2.24) is 9.88 Å². The van der Waals surface area contributed by atoms with Gasteiger partial charge in [0.2, 0.25) is 6.79 Å². The minimum atomic E-state index is 0.0175. The van der Waals surface area contributed by atoms with Gasteiger partial charge in [-0.25, -0.2) is 0 Å². The molecule has 4 rings (SSSR count). The van der Waals surface area contributed by atoms with E-state index >= 15 is 0 Å². The summed E-state index contributed by atoms with van der Waals surface area (Å²) < 4.78 is 10.9. The van der Waals surface area contributed by atoms with Crippen LogP contribution in [0.15, 0.2) is 36.7 Å². The van der Waals surface area contributed by atoms with Gasteiger partial charge in [0.1, 0.15) is 0 Å². The van der Waals surface area contributed by atoms with Crippen molar-refractivity contribution in [2.24, 2.45) is 0 Å². The SMILES string of the molecule is CC1Cc2cc3c(cc2CN1C(=O)c1cccnc1)OCO3. The van der Waals surface area contributed by atoms with Crippen molar-refractivity contribution < 1.29 is 14.3 Å². The van der Waals surface area contributed by atoms with Crippen molar-refractivity contribution in [3.05, 3.63) is 53.3 Å². The molecule has 2 aromatic rings. The highest BCUT2D eigenvalue weighted by Crippen LogP contribution is 2.37. The molecule has 1 amide bonds. The normalized spacial score (nSPS) is 19.0. The van der Waals surface area contributed by atoms with Crippen molar-refractivity contribution >= 4 is 5.91 Å². The Labute approximate surface area is 128 Å². The lowest BCUT2D eigenvalue weighted by molar-refractivity contribution is 0.0657. The monoisotopic (exact) mass is 296 g/mol. The van der Waals surface area contributed by atoms with Crippen LogP contribution < -0.4 is 9.47 Å². The van der Waals surface area contributed by atoms with E-state index in [1.807, 2.05) is 17.0 Å². The zero-order valence-corrected chi connectivity index (χ0v) is 12.3. The Morgan fingerprint density at radius 1 is 1.27 bits per heavy atom. The van der Waals surface area contributed by atoms with Gasteiger partial charge in [-0.05, 0) is 48.7 Å². The molecule has 0 fully saturated rings. The first-order valence-corrected chi connectivity index (χ1v) is 7.35. The van der Waals surface area contributed by atoms with Crippen LogP contribution in [0.25, 0.3) is 0 Å². The molecule has 0 N–H and O–H groups in total. The Bertz CT molecular complexity index is 730. The number of nitrogens with zero attached hydrogens (tertiary/aromatic N) is 2. The Morgan fingerprint density at radius 3 is 2.77 bits per heavy atom. The van der Waals surface area contributed by atoms with Crippen LogP contribution in [-0.4, -0.2) is 28.6 Å². The minimum Gasteiger partial charge on any atom is -0.454 e. The molecule has 0 radical (unpaired) electrons. The van der Waals surface area contributed by atoms with Crippen LogP contribution in [0, 0.1) is 0 Å². The molecular formula is C17H16N2O3. The molecule has 0 aliphatic carbocycles. The third-order valence-electron chi connectivity index (χ3n) is 4.25. The summed E-state index contributed by atoms with van der Waals surface area (Å²) >= 11 is 0. The molecule has 1 aromatic heterocycles. The highest BCUT2D eigenvalue weighted by molar-refractivity contribution is 5.94. The number of fused-ring (bicyclic) bond motifs is 2. The van der Waals surface area contributed by atoms with Gasteiger partial charge in [0, 0.05) is 25.0 Å². The van der Waals surface area contributed by atoms with Crippen molar-refractivity contribution in [1.29, 1.82) is 0 Å². The predicted octanol–water partition coefficient (Wildman–Crippen LogP) is 2.40. The Kier molecular flexibility index (Phi) is 2.99. The van der Waals surface area contributed by atoms with Gasteiger partial charge >= 0.3 is 0 Å². The average Bonchev–Trinajstić information content (AvgIpc) is 2.99. The number of aromatic nitrogens is 1. The maximum Gasteiger partial charge on any atom is 0.255 e. The van der Waals surface area contributed by atoms with E-state index in [4.69, 9.17) is 9.47 Å². The smallest absolute Gasteiger partial charge is 0.255 e. The van der Waals surface area contributed by atoms with Crippen molar-refractivity contribution in [2.45, 2.75) is 25.9 Å². The van der Waals surface area contributed by atoms with Crippen LogP contribution in [0.4, 0.5) is 0 Å². The number of rotatable bonds is 1. The molecule has 0 saturated carbocycles. The van der Waals surface area contributed by atoms with Gasteiger partial charge in [-0.3, -0.25) is 9.78 Å². The summed E-state index contributed by atoms with van der Waals surface area (Å²) in [5, 5.41) is 0. The molecule has 3 heterocycles. The highest BCUT2D eigenvalue weighted by atomic mass is 16.7. The summed E-state index contributed by atoms with van der Waals surface area (Å²) in [6, 6.07) is 7.76. The van der Waals surface area contributed by atoms with Crippen LogP contribution in [-0.2, 0) is 13.0 Å². The van der Waals surface area contributed by atoms with E-state index in [-0.39, 0.29) is 18.7 Å². The Balaban J connectivity index is 1.66. The van der Waals surface area contributed by atoms with Crippen molar-refractivity contribution in [3.63, 3.8) is 0 Å². The number of amides is 1. The number of hydrogen-bond acceptors (Lipinski definition) is 4. The number of ether oxygens (including phenoxy) is 2. The van der Waals surface area contributed by atoms with E-state index in [9.17, 15) is 4.79 Å². The van der Waals surface area contributed by atoms with Crippen LogP contribution in [0.1, 0.15) is 28.4 Å². The van der Waals surface area contributed by atoms with Crippen LogP contribution >= 0.6 is 0 Å². The van der Waals surface area contributed by atoms with E-state index in [1.165, 1.54) is 5.56 Å². The minimum absolute atomic E-state index is 0.0175. The summed E-state index contributed by atoms with van der Waals surface area (Å²) in [4.78, 5) is 18.6.